The van der Waals surface area contributed by atoms with Crippen LogP contribution in [-0.2, 0) is 0 Å². The molecular weight excluding hydrogens is 332 g/mol. The van der Waals surface area contributed by atoms with Crippen LogP contribution >= 0.6 is 23.3 Å². The van der Waals surface area contributed by atoms with Gasteiger partial charge in [-0.25, -0.2) is 0 Å². The molecule has 0 unspecified atom stereocenters. The first-order valence-electron chi connectivity index (χ1n) is 5.95. The Kier molecular flexibility index (Phi) is 4.94. The summed E-state index contributed by atoms with van der Waals surface area (Å²) in [6.45, 7) is 1.39. The van der Waals surface area contributed by atoms with Gasteiger partial charge in [-0.05, 0) is 6.92 Å². The summed E-state index contributed by atoms with van der Waals surface area (Å²) in [7, 11) is 2.82. The highest BCUT2D eigenvalue weighted by molar-refractivity contribution is 6.99. The van der Waals surface area contributed by atoms with Crippen LogP contribution < -0.4 is 19.6 Å². The van der Waals surface area contributed by atoms with Crippen LogP contribution in [0.2, 0.25) is 5.15 Å². The van der Waals surface area contributed by atoms with Gasteiger partial charge >= 0.3 is 0 Å². The van der Waals surface area contributed by atoms with Gasteiger partial charge in [0, 0.05) is 12.1 Å². The molecule has 0 bridgehead atoms. The Balaban J connectivity index is 2.51. The zero-order valence-electron chi connectivity index (χ0n) is 11.9. The molecule has 9 heteroatoms. The quantitative estimate of drug-likeness (QED) is 0.771. The van der Waals surface area contributed by atoms with Crippen molar-refractivity contribution in [2.24, 2.45) is 0 Å². The maximum atomic E-state index is 11.8. The lowest BCUT2D eigenvalue weighted by atomic mass is 10.1. The number of halogens is 1. The maximum Gasteiger partial charge on any atom is 0.283 e. The average molecular weight is 343 g/mol. The number of carbonyl (C=O) groups is 1. The second kappa shape index (κ2) is 6.71. The third kappa shape index (κ3) is 3.18. The van der Waals surface area contributed by atoms with Gasteiger partial charge < -0.3 is 14.2 Å². The molecule has 22 heavy (non-hydrogen) atoms. The van der Waals surface area contributed by atoms with E-state index in [1.807, 2.05) is 0 Å². The number of methoxy groups -OCH3 is 2. The van der Waals surface area contributed by atoms with E-state index >= 15 is 0 Å². The predicted octanol–water partition coefficient (Wildman–Crippen LogP) is 2.56. The summed E-state index contributed by atoms with van der Waals surface area (Å²) in [6.07, 6.45) is 0. The van der Waals surface area contributed by atoms with Crippen LogP contribution in [0.25, 0.3) is 0 Å². The zero-order valence-corrected chi connectivity index (χ0v) is 13.4. The molecule has 0 radical (unpaired) electrons. The lowest BCUT2D eigenvalue weighted by molar-refractivity contribution is 0.101. The minimum Gasteiger partial charge on any atom is -0.496 e. The number of hydrogen-bond acceptors (Lipinski definition) is 8. The van der Waals surface area contributed by atoms with Gasteiger partial charge in [0.1, 0.15) is 22.8 Å². The Morgan fingerprint density at radius 1 is 1.18 bits per heavy atom. The third-order valence-electron chi connectivity index (χ3n) is 2.67. The molecule has 1 aromatic heterocycles. The molecule has 0 N–H and O–H groups in total. The molecule has 0 aliphatic carbocycles. The minimum absolute atomic E-state index is 0.218. The number of aromatic nitrogens is 2. The van der Waals surface area contributed by atoms with E-state index in [2.05, 4.69) is 8.75 Å². The molecule has 0 saturated heterocycles. The molecule has 0 atom stereocenters. The highest BCUT2D eigenvalue weighted by Gasteiger charge is 2.18. The number of hydrogen-bond donors (Lipinski definition) is 0. The van der Waals surface area contributed by atoms with E-state index in [4.69, 9.17) is 25.8 Å². The van der Waals surface area contributed by atoms with E-state index in [1.165, 1.54) is 33.3 Å². The number of benzene rings is 1. The van der Waals surface area contributed by atoms with E-state index in [0.29, 0.717) is 0 Å². The molecule has 0 saturated carbocycles. The molecule has 0 amide bonds. The number of Topliss-reactive ketones (excluding diaryl/α,β-unsaturated/α-hetero) is 1. The first-order chi connectivity index (χ1) is 10.5. The molecule has 7 nitrogen and oxygen atoms in total. The molecule has 116 valence electrons. The lowest BCUT2D eigenvalue weighted by Gasteiger charge is -2.13. The Hall–Kier alpha value is -2.19. The van der Waals surface area contributed by atoms with E-state index in [1.54, 1.807) is 0 Å². The summed E-state index contributed by atoms with van der Waals surface area (Å²) in [5.41, 5.74) is -0.350. The summed E-state index contributed by atoms with van der Waals surface area (Å²) >= 11 is 6.38. The Morgan fingerprint density at radius 3 is 2.27 bits per heavy atom. The van der Waals surface area contributed by atoms with Gasteiger partial charge in [0.2, 0.25) is 0 Å². The summed E-state index contributed by atoms with van der Waals surface area (Å²) in [5.74, 6) is 0.302. The molecule has 1 heterocycles. The van der Waals surface area contributed by atoms with Gasteiger partial charge in [-0.2, -0.15) is 4.37 Å². The molecule has 2 rings (SSSR count). The Morgan fingerprint density at radius 2 is 1.77 bits per heavy atom. The normalized spacial score (nSPS) is 10.2. The van der Waals surface area contributed by atoms with Gasteiger partial charge in [0.05, 0.1) is 25.9 Å². The highest BCUT2D eigenvalue weighted by Crippen LogP contribution is 2.35. The predicted molar refractivity (Wildman–Crippen MR) is 80.8 cm³/mol. The van der Waals surface area contributed by atoms with Crippen LogP contribution in [0.3, 0.4) is 0 Å². The second-order valence-corrected chi connectivity index (χ2v) is 4.94. The molecule has 0 fully saturated rings. The fourth-order valence-corrected chi connectivity index (χ4v) is 2.30. The van der Waals surface area contributed by atoms with E-state index in [0.717, 1.165) is 11.7 Å². The zero-order chi connectivity index (χ0) is 16.3. The van der Waals surface area contributed by atoms with Crippen molar-refractivity contribution in [3.63, 3.8) is 0 Å². The van der Waals surface area contributed by atoms with Crippen LogP contribution in [0.4, 0.5) is 0 Å². The van der Waals surface area contributed by atoms with E-state index in [9.17, 15) is 9.59 Å². The number of ether oxygens (including phenoxy) is 3. The first kappa shape index (κ1) is 16.2. The summed E-state index contributed by atoms with van der Waals surface area (Å²) in [6, 6.07) is 2.92. The van der Waals surface area contributed by atoms with Crippen molar-refractivity contribution < 1.29 is 19.0 Å². The molecule has 2 aromatic rings. The smallest absolute Gasteiger partial charge is 0.283 e. The second-order valence-electron chi connectivity index (χ2n) is 4.05. The first-order valence-corrected chi connectivity index (χ1v) is 7.06. The fourth-order valence-electron chi connectivity index (χ4n) is 1.73. The fraction of sp³-hybridized carbons (Fsp3) is 0.231. The molecule has 0 aliphatic heterocycles. The standard InChI is InChI=1S/C13H11ClN2O5S/c1-6(17)10-8(19-2)4-7(5-9(10)20-3)21-13-11(18)12(14)15-22-16-13/h4-5H,1-3H3. The lowest BCUT2D eigenvalue weighted by Crippen LogP contribution is -2.08. The van der Waals surface area contributed by atoms with Crippen molar-refractivity contribution in [2.45, 2.75) is 6.92 Å². The van der Waals surface area contributed by atoms with Crippen molar-refractivity contribution in [3.05, 3.63) is 33.1 Å². The van der Waals surface area contributed by atoms with Gasteiger partial charge in [-0.1, -0.05) is 11.6 Å². The largest absolute Gasteiger partial charge is 0.496 e. The van der Waals surface area contributed by atoms with Gasteiger partial charge in [0.25, 0.3) is 11.3 Å². The van der Waals surface area contributed by atoms with Crippen molar-refractivity contribution in [1.82, 2.24) is 8.75 Å². The molecule has 0 spiro atoms. The van der Waals surface area contributed by atoms with Gasteiger partial charge in [-0.3, -0.25) is 9.59 Å². The Labute approximate surface area is 134 Å². The van der Waals surface area contributed by atoms with Crippen molar-refractivity contribution >= 4 is 29.1 Å². The number of carbonyl (C=O) groups excluding carboxylic acids is 1. The number of rotatable bonds is 5. The Bertz CT molecular complexity index is 752. The molecule has 0 aliphatic rings. The van der Waals surface area contributed by atoms with Crippen LogP contribution in [0.5, 0.6) is 23.1 Å². The summed E-state index contributed by atoms with van der Waals surface area (Å²) in [5, 5.41) is -0.228. The van der Waals surface area contributed by atoms with Crippen LogP contribution in [0, 0.1) is 0 Å². The summed E-state index contributed by atoms with van der Waals surface area (Å²) in [4.78, 5) is 23.5. The van der Waals surface area contributed by atoms with Gasteiger partial charge in [0.15, 0.2) is 10.9 Å². The number of nitrogens with zero attached hydrogens (tertiary/aromatic N) is 2. The molecular formula is C13H11ClN2O5S. The van der Waals surface area contributed by atoms with Crippen LogP contribution in [0.15, 0.2) is 16.9 Å². The SMILES string of the molecule is COc1cc(Oc2nsnc(Cl)c2=O)cc(OC)c1C(C)=O. The van der Waals surface area contributed by atoms with Crippen LogP contribution in [-0.4, -0.2) is 28.7 Å². The topological polar surface area (TPSA) is 87.6 Å². The minimum atomic E-state index is -0.631. The monoisotopic (exact) mass is 342 g/mol. The average Bonchev–Trinajstić information content (AvgIpc) is 2.50. The van der Waals surface area contributed by atoms with Crippen molar-refractivity contribution in [2.75, 3.05) is 14.2 Å². The van der Waals surface area contributed by atoms with Crippen LogP contribution in [0.1, 0.15) is 17.3 Å². The molecule has 1 aromatic carbocycles. The highest BCUT2D eigenvalue weighted by atomic mass is 35.5. The van der Waals surface area contributed by atoms with E-state index < -0.39 is 5.43 Å². The van der Waals surface area contributed by atoms with E-state index in [-0.39, 0.29) is 39.6 Å². The maximum absolute atomic E-state index is 11.8. The van der Waals surface area contributed by atoms with Crippen molar-refractivity contribution in [3.8, 4) is 23.1 Å². The third-order valence-corrected chi connectivity index (χ3v) is 3.54. The summed E-state index contributed by atoms with van der Waals surface area (Å²) < 4.78 is 23.1. The van der Waals surface area contributed by atoms with Gasteiger partial charge in [-0.15, -0.1) is 4.37 Å². The number of ketones is 1. The van der Waals surface area contributed by atoms with Crippen molar-refractivity contribution in [1.29, 1.82) is 0 Å².